The van der Waals surface area contributed by atoms with E-state index < -0.39 is 17.9 Å². The molecular formula is C7H6F2N2O2. The maximum Gasteiger partial charge on any atom is 0.284 e. The standard InChI is InChI=1S/C7H6F2N2O2/c8-7(9)5-6(13)3(2-12)4(10)1-11-5/h1-2,7,13H,10H2. The zero-order valence-electron chi connectivity index (χ0n) is 6.37. The number of halogens is 2. The van der Waals surface area contributed by atoms with E-state index >= 15 is 0 Å². The van der Waals surface area contributed by atoms with Crippen LogP contribution in [0.15, 0.2) is 6.20 Å². The molecule has 3 N–H and O–H groups in total. The van der Waals surface area contributed by atoms with Crippen LogP contribution in [0.5, 0.6) is 5.75 Å². The van der Waals surface area contributed by atoms with E-state index in [1.807, 2.05) is 0 Å². The summed E-state index contributed by atoms with van der Waals surface area (Å²) in [6.07, 6.45) is -1.82. The molecule has 0 saturated heterocycles. The highest BCUT2D eigenvalue weighted by atomic mass is 19.3. The average molecular weight is 188 g/mol. The first-order valence-electron chi connectivity index (χ1n) is 3.28. The van der Waals surface area contributed by atoms with Crippen LogP contribution in [0.4, 0.5) is 14.5 Å². The Morgan fingerprint density at radius 1 is 1.62 bits per heavy atom. The normalized spacial score (nSPS) is 10.4. The first-order chi connectivity index (χ1) is 6.07. The van der Waals surface area contributed by atoms with Gasteiger partial charge in [0, 0.05) is 0 Å². The molecular weight excluding hydrogens is 182 g/mol. The number of carbonyl (C=O) groups excluding carboxylic acids is 1. The largest absolute Gasteiger partial charge is 0.505 e. The molecule has 1 heterocycles. The highest BCUT2D eigenvalue weighted by Crippen LogP contribution is 2.30. The highest BCUT2D eigenvalue weighted by Gasteiger charge is 2.18. The number of hydrogen-bond donors (Lipinski definition) is 2. The van der Waals surface area contributed by atoms with E-state index in [1.54, 1.807) is 0 Å². The Morgan fingerprint density at radius 2 is 2.23 bits per heavy atom. The Kier molecular flexibility index (Phi) is 2.41. The molecule has 0 aromatic carbocycles. The number of aromatic nitrogens is 1. The van der Waals surface area contributed by atoms with Crippen LogP contribution in [0.2, 0.25) is 0 Å². The van der Waals surface area contributed by atoms with Crippen LogP contribution in [-0.2, 0) is 0 Å². The summed E-state index contributed by atoms with van der Waals surface area (Å²) in [5.41, 5.74) is 3.88. The van der Waals surface area contributed by atoms with Crippen molar-refractivity contribution in [3.63, 3.8) is 0 Å². The number of hydrogen-bond acceptors (Lipinski definition) is 4. The minimum absolute atomic E-state index is 0.128. The van der Waals surface area contributed by atoms with Crippen molar-refractivity contribution in [2.75, 3.05) is 5.73 Å². The highest BCUT2D eigenvalue weighted by molar-refractivity contribution is 5.87. The van der Waals surface area contributed by atoms with Gasteiger partial charge in [-0.05, 0) is 0 Å². The number of anilines is 1. The zero-order valence-corrected chi connectivity index (χ0v) is 6.37. The smallest absolute Gasteiger partial charge is 0.284 e. The fourth-order valence-electron chi connectivity index (χ4n) is 0.828. The number of pyridine rings is 1. The molecule has 1 aromatic rings. The number of nitrogens with two attached hydrogens (primary N) is 1. The molecule has 0 aliphatic rings. The molecule has 70 valence electrons. The van der Waals surface area contributed by atoms with Crippen LogP contribution < -0.4 is 5.73 Å². The number of carbonyl (C=O) groups is 1. The number of rotatable bonds is 2. The third-order valence-electron chi connectivity index (χ3n) is 1.48. The van der Waals surface area contributed by atoms with Crippen molar-refractivity contribution in [3.05, 3.63) is 17.5 Å². The maximum atomic E-state index is 12.1. The number of nitrogen functional groups attached to an aromatic ring is 1. The van der Waals surface area contributed by atoms with Crippen LogP contribution in [0.25, 0.3) is 0 Å². The number of alkyl halides is 2. The van der Waals surface area contributed by atoms with Gasteiger partial charge in [0.05, 0.1) is 17.4 Å². The van der Waals surface area contributed by atoms with Gasteiger partial charge in [0.1, 0.15) is 5.69 Å². The summed E-state index contributed by atoms with van der Waals surface area (Å²) in [5.74, 6) is -0.856. The molecule has 0 atom stereocenters. The van der Waals surface area contributed by atoms with Crippen LogP contribution in [0.1, 0.15) is 22.5 Å². The zero-order chi connectivity index (χ0) is 10.0. The predicted octanol–water partition coefficient (Wildman–Crippen LogP) is 1.12. The Morgan fingerprint density at radius 3 is 2.69 bits per heavy atom. The Balaban J connectivity index is 3.35. The van der Waals surface area contributed by atoms with Crippen molar-refractivity contribution in [2.24, 2.45) is 0 Å². The van der Waals surface area contributed by atoms with Crippen LogP contribution in [0.3, 0.4) is 0 Å². The molecule has 0 radical (unpaired) electrons. The Labute approximate surface area is 72.0 Å². The lowest BCUT2D eigenvalue weighted by Crippen LogP contribution is -1.99. The third kappa shape index (κ3) is 1.56. The van der Waals surface area contributed by atoms with Gasteiger partial charge in [-0.3, -0.25) is 4.79 Å². The van der Waals surface area contributed by atoms with Crippen molar-refractivity contribution in [2.45, 2.75) is 6.43 Å². The molecule has 0 spiro atoms. The minimum atomic E-state index is -2.93. The Bertz CT molecular complexity index is 342. The number of aldehydes is 1. The summed E-state index contributed by atoms with van der Waals surface area (Å²) in [7, 11) is 0. The van der Waals surface area contributed by atoms with Gasteiger partial charge in [0.2, 0.25) is 0 Å². The minimum Gasteiger partial charge on any atom is -0.505 e. The second-order valence-corrected chi connectivity index (χ2v) is 2.28. The van der Waals surface area contributed by atoms with Crippen LogP contribution in [0, 0.1) is 0 Å². The fourth-order valence-corrected chi connectivity index (χ4v) is 0.828. The summed E-state index contributed by atoms with van der Waals surface area (Å²) < 4.78 is 24.2. The monoisotopic (exact) mass is 188 g/mol. The molecule has 0 fully saturated rings. The fraction of sp³-hybridized carbons (Fsp3) is 0.143. The molecule has 4 nitrogen and oxygen atoms in total. The van der Waals surface area contributed by atoms with Crippen molar-refractivity contribution < 1.29 is 18.7 Å². The van der Waals surface area contributed by atoms with Crippen molar-refractivity contribution in [3.8, 4) is 5.75 Å². The number of aromatic hydroxyl groups is 1. The number of nitrogens with zero attached hydrogens (tertiary/aromatic N) is 1. The molecule has 0 amide bonds. The molecule has 1 aromatic heterocycles. The molecule has 1 rings (SSSR count). The topological polar surface area (TPSA) is 76.2 Å². The van der Waals surface area contributed by atoms with Gasteiger partial charge in [0.15, 0.2) is 12.0 Å². The lowest BCUT2D eigenvalue weighted by atomic mass is 10.2. The van der Waals surface area contributed by atoms with E-state index in [0.29, 0.717) is 0 Å². The average Bonchev–Trinajstić information content (AvgIpc) is 2.04. The Hall–Kier alpha value is -1.72. The lowest BCUT2D eigenvalue weighted by Gasteiger charge is -2.05. The van der Waals surface area contributed by atoms with Gasteiger partial charge in [-0.2, -0.15) is 0 Å². The van der Waals surface area contributed by atoms with E-state index in [2.05, 4.69) is 4.98 Å². The van der Waals surface area contributed by atoms with Crippen LogP contribution in [-0.4, -0.2) is 16.4 Å². The summed E-state index contributed by atoms with van der Waals surface area (Å²) in [5, 5.41) is 9.09. The molecule has 6 heteroatoms. The summed E-state index contributed by atoms with van der Waals surface area (Å²) in [6.45, 7) is 0. The van der Waals surface area contributed by atoms with E-state index in [1.165, 1.54) is 0 Å². The van der Waals surface area contributed by atoms with Crippen molar-refractivity contribution in [1.82, 2.24) is 4.98 Å². The van der Waals surface area contributed by atoms with E-state index in [4.69, 9.17) is 10.8 Å². The van der Waals surface area contributed by atoms with E-state index in [9.17, 15) is 13.6 Å². The van der Waals surface area contributed by atoms with Gasteiger partial charge in [-0.1, -0.05) is 0 Å². The quantitative estimate of drug-likeness (QED) is 0.682. The van der Waals surface area contributed by atoms with Gasteiger partial charge in [-0.25, -0.2) is 13.8 Å². The molecule has 0 aliphatic carbocycles. The van der Waals surface area contributed by atoms with Gasteiger partial charge >= 0.3 is 0 Å². The predicted molar refractivity (Wildman–Crippen MR) is 40.7 cm³/mol. The van der Waals surface area contributed by atoms with Gasteiger partial charge in [0.25, 0.3) is 6.43 Å². The molecule has 13 heavy (non-hydrogen) atoms. The molecule has 0 saturated carbocycles. The SMILES string of the molecule is Nc1cnc(C(F)F)c(O)c1C=O. The first kappa shape index (κ1) is 9.37. The second kappa shape index (κ2) is 3.34. The lowest BCUT2D eigenvalue weighted by molar-refractivity contribution is 0.111. The van der Waals surface area contributed by atoms with Crippen molar-refractivity contribution in [1.29, 1.82) is 0 Å². The van der Waals surface area contributed by atoms with Crippen molar-refractivity contribution >= 4 is 12.0 Å². The summed E-state index contributed by atoms with van der Waals surface area (Å²) in [6, 6.07) is 0. The van der Waals surface area contributed by atoms with E-state index in [0.717, 1.165) is 6.20 Å². The van der Waals surface area contributed by atoms with Gasteiger partial charge in [-0.15, -0.1) is 0 Å². The molecule has 0 unspecified atom stereocenters. The first-order valence-corrected chi connectivity index (χ1v) is 3.28. The summed E-state index contributed by atoms with van der Waals surface area (Å²) >= 11 is 0. The molecule has 0 bridgehead atoms. The molecule has 0 aliphatic heterocycles. The van der Waals surface area contributed by atoms with Gasteiger partial charge < -0.3 is 10.8 Å². The second-order valence-electron chi connectivity index (χ2n) is 2.28. The summed E-state index contributed by atoms with van der Waals surface area (Å²) in [4.78, 5) is 13.5. The third-order valence-corrected chi connectivity index (χ3v) is 1.48. The van der Waals surface area contributed by atoms with Crippen LogP contribution >= 0.6 is 0 Å². The van der Waals surface area contributed by atoms with E-state index in [-0.39, 0.29) is 17.5 Å². The maximum absolute atomic E-state index is 12.1.